The summed E-state index contributed by atoms with van der Waals surface area (Å²) in [4.78, 5) is 5.19. The molecule has 0 saturated carbocycles. The number of hydrogen-bond donors (Lipinski definition) is 1. The van der Waals surface area contributed by atoms with E-state index >= 15 is 0 Å². The second-order valence-corrected chi connectivity index (χ2v) is 10.2. The molecule has 6 heteroatoms. The van der Waals surface area contributed by atoms with Crippen LogP contribution in [0, 0.1) is 27.7 Å². The predicted molar refractivity (Wildman–Crippen MR) is 135 cm³/mol. The van der Waals surface area contributed by atoms with Crippen molar-refractivity contribution in [1.82, 2.24) is 9.55 Å². The molecule has 0 atom stereocenters. The fourth-order valence-corrected chi connectivity index (χ4v) is 6.25. The first-order valence-corrected chi connectivity index (χ1v) is 12.8. The van der Waals surface area contributed by atoms with Crippen molar-refractivity contribution >= 4 is 26.7 Å². The first-order valence-electron chi connectivity index (χ1n) is 11.3. The van der Waals surface area contributed by atoms with Gasteiger partial charge in [0.15, 0.2) is 0 Å². The van der Waals surface area contributed by atoms with E-state index in [9.17, 15) is 8.42 Å². The SMILES string of the molecule is CCn1c(CCc2ccccc2NS(=O)(=O)c2c(C)c(C)cc(C)c2C)nc2ccccc21. The van der Waals surface area contributed by atoms with Crippen LogP contribution in [0.5, 0.6) is 0 Å². The van der Waals surface area contributed by atoms with E-state index in [1.807, 2.05) is 76.2 Å². The van der Waals surface area contributed by atoms with Crippen molar-refractivity contribution in [1.29, 1.82) is 0 Å². The number of benzene rings is 3. The first-order chi connectivity index (χ1) is 15.7. The molecule has 1 N–H and O–H groups in total. The average Bonchev–Trinajstić information content (AvgIpc) is 3.14. The smallest absolute Gasteiger partial charge is 0.262 e. The van der Waals surface area contributed by atoms with Crippen molar-refractivity contribution in [2.24, 2.45) is 0 Å². The molecule has 0 unspecified atom stereocenters. The van der Waals surface area contributed by atoms with Crippen LogP contribution in [0.1, 0.15) is 40.6 Å². The number of rotatable bonds is 7. The van der Waals surface area contributed by atoms with Crippen LogP contribution in [0.25, 0.3) is 11.0 Å². The topological polar surface area (TPSA) is 64.0 Å². The minimum absolute atomic E-state index is 0.377. The molecule has 1 aromatic heterocycles. The van der Waals surface area contributed by atoms with Gasteiger partial charge in [-0.2, -0.15) is 0 Å². The van der Waals surface area contributed by atoms with Crippen molar-refractivity contribution in [2.75, 3.05) is 4.72 Å². The summed E-state index contributed by atoms with van der Waals surface area (Å²) >= 11 is 0. The Hall–Kier alpha value is -3.12. The minimum atomic E-state index is -3.73. The largest absolute Gasteiger partial charge is 0.328 e. The minimum Gasteiger partial charge on any atom is -0.328 e. The molecule has 0 saturated heterocycles. The highest BCUT2D eigenvalue weighted by molar-refractivity contribution is 7.92. The number of nitrogens with zero attached hydrogens (tertiary/aromatic N) is 2. The van der Waals surface area contributed by atoms with Crippen molar-refractivity contribution < 1.29 is 8.42 Å². The second kappa shape index (κ2) is 9.02. The summed E-state index contributed by atoms with van der Waals surface area (Å²) in [5.41, 5.74) is 7.23. The van der Waals surface area contributed by atoms with Gasteiger partial charge in [-0.3, -0.25) is 4.72 Å². The zero-order chi connectivity index (χ0) is 23.8. The third-order valence-electron chi connectivity index (χ3n) is 6.50. The van der Waals surface area contributed by atoms with Crippen LogP contribution in [0.15, 0.2) is 59.5 Å². The van der Waals surface area contributed by atoms with Crippen LogP contribution in [0.3, 0.4) is 0 Å². The van der Waals surface area contributed by atoms with E-state index < -0.39 is 10.0 Å². The third kappa shape index (κ3) is 4.40. The van der Waals surface area contributed by atoms with Gasteiger partial charge in [-0.15, -0.1) is 0 Å². The predicted octanol–water partition coefficient (Wildman–Crippen LogP) is 5.88. The van der Waals surface area contributed by atoms with Crippen LogP contribution in [0.2, 0.25) is 0 Å². The molecule has 33 heavy (non-hydrogen) atoms. The number of anilines is 1. The van der Waals surface area contributed by atoms with Crippen molar-refractivity contribution in [2.45, 2.75) is 58.9 Å². The number of aromatic nitrogens is 2. The van der Waals surface area contributed by atoms with Crippen molar-refractivity contribution in [3.8, 4) is 0 Å². The van der Waals surface area contributed by atoms with E-state index in [0.717, 1.165) is 57.6 Å². The molecule has 0 fully saturated rings. The van der Waals surface area contributed by atoms with Gasteiger partial charge < -0.3 is 4.57 Å². The fraction of sp³-hybridized carbons (Fsp3) is 0.296. The van der Waals surface area contributed by atoms with Crippen LogP contribution >= 0.6 is 0 Å². The van der Waals surface area contributed by atoms with Crippen LogP contribution in [-0.2, 0) is 29.4 Å². The molecule has 0 bridgehead atoms. The Kier molecular flexibility index (Phi) is 6.30. The highest BCUT2D eigenvalue weighted by atomic mass is 32.2. The molecule has 4 rings (SSSR count). The zero-order valence-corrected chi connectivity index (χ0v) is 20.8. The molecule has 0 amide bonds. The summed E-state index contributed by atoms with van der Waals surface area (Å²) in [5.74, 6) is 1.01. The molecule has 172 valence electrons. The lowest BCUT2D eigenvalue weighted by molar-refractivity contribution is 0.599. The number of para-hydroxylation sites is 3. The van der Waals surface area contributed by atoms with Crippen molar-refractivity contribution in [3.63, 3.8) is 0 Å². The van der Waals surface area contributed by atoms with Gasteiger partial charge >= 0.3 is 0 Å². The van der Waals surface area contributed by atoms with E-state index in [1.54, 1.807) is 0 Å². The lowest BCUT2D eigenvalue weighted by Gasteiger charge is -2.18. The third-order valence-corrected chi connectivity index (χ3v) is 8.13. The van der Waals surface area contributed by atoms with Crippen LogP contribution in [0.4, 0.5) is 5.69 Å². The standard InChI is InChI=1S/C27H31N3O2S/c1-6-30-25-14-10-9-13-24(25)28-26(30)16-15-22-11-7-8-12-23(22)29-33(31,32)27-20(4)18(2)17-19(3)21(27)5/h7-14,17,29H,6,15-16H2,1-5H3. The molecule has 0 aliphatic carbocycles. The number of nitrogens with one attached hydrogen (secondary N) is 1. The molecule has 0 aliphatic rings. The molecule has 0 spiro atoms. The normalized spacial score (nSPS) is 11.8. The Balaban J connectivity index is 1.64. The van der Waals surface area contributed by atoms with Crippen LogP contribution < -0.4 is 4.72 Å². The molecular weight excluding hydrogens is 430 g/mol. The highest BCUT2D eigenvalue weighted by Crippen LogP contribution is 2.29. The summed E-state index contributed by atoms with van der Waals surface area (Å²) in [6.07, 6.45) is 1.41. The molecule has 5 nitrogen and oxygen atoms in total. The number of hydrogen-bond acceptors (Lipinski definition) is 3. The van der Waals surface area contributed by atoms with Gasteiger partial charge in [-0.05, 0) is 87.1 Å². The fourth-order valence-electron chi connectivity index (χ4n) is 4.53. The van der Waals surface area contributed by atoms with E-state index in [2.05, 4.69) is 22.3 Å². The van der Waals surface area contributed by atoms with Gasteiger partial charge in [0.25, 0.3) is 10.0 Å². The average molecular weight is 462 g/mol. The van der Waals surface area contributed by atoms with Gasteiger partial charge in [0.05, 0.1) is 21.6 Å². The van der Waals surface area contributed by atoms with E-state index in [-0.39, 0.29) is 0 Å². The molecule has 0 radical (unpaired) electrons. The molecular formula is C27H31N3O2S. The first kappa shape index (κ1) is 23.1. The zero-order valence-electron chi connectivity index (χ0n) is 19.9. The Labute approximate surface area is 196 Å². The molecule has 1 heterocycles. The van der Waals surface area contributed by atoms with E-state index in [0.29, 0.717) is 17.0 Å². The maximum atomic E-state index is 13.5. The van der Waals surface area contributed by atoms with Gasteiger partial charge in [-0.25, -0.2) is 13.4 Å². The lowest BCUT2D eigenvalue weighted by atomic mass is 10.0. The molecule has 4 aromatic rings. The maximum absolute atomic E-state index is 13.5. The van der Waals surface area contributed by atoms with E-state index in [1.165, 1.54) is 0 Å². The molecule has 3 aromatic carbocycles. The molecule has 0 aliphatic heterocycles. The quantitative estimate of drug-likeness (QED) is 0.374. The van der Waals surface area contributed by atoms with Crippen LogP contribution in [-0.4, -0.2) is 18.0 Å². The lowest BCUT2D eigenvalue weighted by Crippen LogP contribution is -2.18. The Bertz CT molecular complexity index is 1410. The summed E-state index contributed by atoms with van der Waals surface area (Å²) in [5, 5.41) is 0. The Morgan fingerprint density at radius 3 is 2.21 bits per heavy atom. The Morgan fingerprint density at radius 1 is 0.879 bits per heavy atom. The number of aryl methyl sites for hydroxylation is 5. The van der Waals surface area contributed by atoms with E-state index in [4.69, 9.17) is 4.98 Å². The number of imidazole rings is 1. The number of sulfonamides is 1. The Morgan fingerprint density at radius 2 is 1.52 bits per heavy atom. The van der Waals surface area contributed by atoms with Gasteiger partial charge in [0.1, 0.15) is 5.82 Å². The second-order valence-electron chi connectivity index (χ2n) is 8.61. The summed E-state index contributed by atoms with van der Waals surface area (Å²) in [6, 6.07) is 17.8. The van der Waals surface area contributed by atoms with Gasteiger partial charge in [-0.1, -0.05) is 36.4 Å². The van der Waals surface area contributed by atoms with Gasteiger partial charge in [0.2, 0.25) is 0 Å². The monoisotopic (exact) mass is 461 g/mol. The summed E-state index contributed by atoms with van der Waals surface area (Å²) in [7, 11) is -3.73. The highest BCUT2D eigenvalue weighted by Gasteiger charge is 2.23. The summed E-state index contributed by atoms with van der Waals surface area (Å²) < 4.78 is 32.0. The van der Waals surface area contributed by atoms with Gasteiger partial charge in [0, 0.05) is 13.0 Å². The maximum Gasteiger partial charge on any atom is 0.262 e. The number of fused-ring (bicyclic) bond motifs is 1. The summed E-state index contributed by atoms with van der Waals surface area (Å²) in [6.45, 7) is 10.6. The van der Waals surface area contributed by atoms with Crippen molar-refractivity contribution in [3.05, 3.63) is 88.2 Å².